The lowest BCUT2D eigenvalue weighted by Crippen LogP contribution is -2.32. The van der Waals surface area contributed by atoms with Crippen molar-refractivity contribution in [1.29, 1.82) is 0 Å². The number of carbonyl (C=O) groups excluding carboxylic acids is 1. The summed E-state index contributed by atoms with van der Waals surface area (Å²) in [6, 6.07) is 4.97. The van der Waals surface area contributed by atoms with Gasteiger partial charge < -0.3 is 16.0 Å². The zero-order chi connectivity index (χ0) is 14.5. The molecule has 2 rings (SSSR count). The van der Waals surface area contributed by atoms with Gasteiger partial charge in [0.05, 0.1) is 10.6 Å². The molecule has 0 saturated carbocycles. The SMILES string of the molecule is CN1CCC(CCNC(=O)c2ccc(N)cc2Cl)CC1.Cl.Cl. The molecule has 0 radical (unpaired) electrons. The molecule has 1 aliphatic heterocycles. The predicted octanol–water partition coefficient (Wildman–Crippen LogP) is 3.23. The van der Waals surface area contributed by atoms with Crippen molar-refractivity contribution in [2.45, 2.75) is 19.3 Å². The summed E-state index contributed by atoms with van der Waals surface area (Å²) in [4.78, 5) is 14.4. The summed E-state index contributed by atoms with van der Waals surface area (Å²) in [5.74, 6) is 0.594. The first-order valence-corrected chi connectivity index (χ1v) is 7.46. The van der Waals surface area contributed by atoms with Crippen molar-refractivity contribution < 1.29 is 4.79 Å². The van der Waals surface area contributed by atoms with Crippen LogP contribution in [0.5, 0.6) is 0 Å². The number of benzene rings is 1. The second kappa shape index (κ2) is 10.2. The van der Waals surface area contributed by atoms with Crippen molar-refractivity contribution in [3.05, 3.63) is 28.8 Å². The maximum atomic E-state index is 12.0. The highest BCUT2D eigenvalue weighted by Crippen LogP contribution is 2.20. The predicted molar refractivity (Wildman–Crippen MR) is 97.5 cm³/mol. The van der Waals surface area contributed by atoms with Gasteiger partial charge in [0, 0.05) is 12.2 Å². The van der Waals surface area contributed by atoms with Gasteiger partial charge in [-0.1, -0.05) is 11.6 Å². The van der Waals surface area contributed by atoms with E-state index in [9.17, 15) is 4.79 Å². The second-order valence-corrected chi connectivity index (χ2v) is 5.94. The van der Waals surface area contributed by atoms with Gasteiger partial charge in [0.15, 0.2) is 0 Å². The van der Waals surface area contributed by atoms with Gasteiger partial charge in [0.1, 0.15) is 0 Å². The molecule has 0 spiro atoms. The highest BCUT2D eigenvalue weighted by Gasteiger charge is 2.17. The first-order chi connectivity index (χ1) is 9.56. The monoisotopic (exact) mass is 367 g/mol. The molecule has 1 fully saturated rings. The zero-order valence-corrected chi connectivity index (χ0v) is 15.1. The van der Waals surface area contributed by atoms with Crippen LogP contribution in [0.1, 0.15) is 29.6 Å². The number of halogens is 3. The second-order valence-electron chi connectivity index (χ2n) is 5.53. The van der Waals surface area contributed by atoms with Crippen LogP contribution >= 0.6 is 36.4 Å². The van der Waals surface area contributed by atoms with Crippen LogP contribution in [0.15, 0.2) is 18.2 Å². The van der Waals surface area contributed by atoms with Crippen LogP contribution in [0.3, 0.4) is 0 Å². The summed E-state index contributed by atoms with van der Waals surface area (Å²) in [7, 11) is 2.15. The lowest BCUT2D eigenvalue weighted by molar-refractivity contribution is 0.0949. The molecule has 0 aliphatic carbocycles. The zero-order valence-electron chi connectivity index (χ0n) is 12.7. The molecule has 126 valence electrons. The molecule has 1 aromatic rings. The van der Waals surface area contributed by atoms with Crippen molar-refractivity contribution in [2.24, 2.45) is 5.92 Å². The van der Waals surface area contributed by atoms with Crippen LogP contribution in [-0.2, 0) is 0 Å². The molecule has 1 saturated heterocycles. The largest absolute Gasteiger partial charge is 0.399 e. The van der Waals surface area contributed by atoms with Crippen LogP contribution in [0.2, 0.25) is 5.02 Å². The number of hydrogen-bond donors (Lipinski definition) is 2. The van der Waals surface area contributed by atoms with Crippen LogP contribution in [0, 0.1) is 5.92 Å². The maximum Gasteiger partial charge on any atom is 0.252 e. The van der Waals surface area contributed by atoms with Crippen molar-refractivity contribution in [2.75, 3.05) is 32.4 Å². The average Bonchev–Trinajstić information content (AvgIpc) is 2.41. The van der Waals surface area contributed by atoms with E-state index >= 15 is 0 Å². The van der Waals surface area contributed by atoms with E-state index in [1.165, 1.54) is 12.8 Å². The van der Waals surface area contributed by atoms with Gasteiger partial charge in [0.25, 0.3) is 5.91 Å². The molecule has 4 nitrogen and oxygen atoms in total. The molecule has 0 unspecified atom stereocenters. The summed E-state index contributed by atoms with van der Waals surface area (Å²) in [5, 5.41) is 3.34. The van der Waals surface area contributed by atoms with E-state index in [1.807, 2.05) is 0 Å². The summed E-state index contributed by atoms with van der Waals surface area (Å²) in [6.45, 7) is 3.01. The molecule has 1 aromatic carbocycles. The molecule has 0 bridgehead atoms. The fourth-order valence-corrected chi connectivity index (χ4v) is 2.83. The topological polar surface area (TPSA) is 58.4 Å². The maximum absolute atomic E-state index is 12.0. The van der Waals surface area contributed by atoms with Crippen molar-refractivity contribution in [3.8, 4) is 0 Å². The molecule has 7 heteroatoms. The van der Waals surface area contributed by atoms with Gasteiger partial charge in [-0.05, 0) is 63.5 Å². The Hall–Kier alpha value is -0.680. The van der Waals surface area contributed by atoms with Gasteiger partial charge in [-0.2, -0.15) is 0 Å². The minimum Gasteiger partial charge on any atom is -0.399 e. The summed E-state index contributed by atoms with van der Waals surface area (Å²) >= 11 is 6.02. The normalized spacial score (nSPS) is 15.5. The number of nitrogens with two attached hydrogens (primary N) is 1. The first-order valence-electron chi connectivity index (χ1n) is 7.08. The first kappa shape index (κ1) is 21.3. The van der Waals surface area contributed by atoms with Gasteiger partial charge >= 0.3 is 0 Å². The number of rotatable bonds is 4. The molecular formula is C15H24Cl3N3O. The van der Waals surface area contributed by atoms with Crippen molar-refractivity contribution >= 4 is 48.0 Å². The van der Waals surface area contributed by atoms with E-state index in [-0.39, 0.29) is 30.7 Å². The molecule has 1 heterocycles. The Morgan fingerprint density at radius 1 is 1.36 bits per heavy atom. The van der Waals surface area contributed by atoms with Crippen molar-refractivity contribution in [3.63, 3.8) is 0 Å². The highest BCUT2D eigenvalue weighted by atomic mass is 35.5. The Labute approximate surface area is 149 Å². The molecule has 22 heavy (non-hydrogen) atoms. The smallest absolute Gasteiger partial charge is 0.252 e. The third-order valence-corrected chi connectivity index (χ3v) is 4.23. The number of nitrogen functional groups attached to an aromatic ring is 1. The Bertz CT molecular complexity index is 477. The summed E-state index contributed by atoms with van der Waals surface area (Å²) in [5.41, 5.74) is 6.67. The molecule has 1 aliphatic rings. The fraction of sp³-hybridized carbons (Fsp3) is 0.533. The number of nitrogens with zero attached hydrogens (tertiary/aromatic N) is 1. The van der Waals surface area contributed by atoms with E-state index in [0.717, 1.165) is 19.5 Å². The molecule has 0 atom stereocenters. The number of amides is 1. The Morgan fingerprint density at radius 2 is 2.00 bits per heavy atom. The van der Waals surface area contributed by atoms with E-state index in [0.29, 0.717) is 28.7 Å². The van der Waals surface area contributed by atoms with Crippen LogP contribution in [0.25, 0.3) is 0 Å². The van der Waals surface area contributed by atoms with Gasteiger partial charge in [-0.25, -0.2) is 0 Å². The van der Waals surface area contributed by atoms with Gasteiger partial charge in [-0.15, -0.1) is 24.8 Å². The average molecular weight is 369 g/mol. The molecular weight excluding hydrogens is 345 g/mol. The minimum absolute atomic E-state index is 0. The van der Waals surface area contributed by atoms with E-state index in [4.69, 9.17) is 17.3 Å². The van der Waals surface area contributed by atoms with E-state index < -0.39 is 0 Å². The number of nitrogens with one attached hydrogen (secondary N) is 1. The lowest BCUT2D eigenvalue weighted by atomic mass is 9.94. The summed E-state index contributed by atoms with van der Waals surface area (Å²) in [6.07, 6.45) is 3.47. The number of hydrogen-bond acceptors (Lipinski definition) is 3. The fourth-order valence-electron chi connectivity index (χ4n) is 2.55. The quantitative estimate of drug-likeness (QED) is 0.802. The molecule has 1 amide bonds. The Kier molecular flexibility index (Phi) is 9.85. The third-order valence-electron chi connectivity index (χ3n) is 3.91. The van der Waals surface area contributed by atoms with E-state index in [2.05, 4.69) is 17.3 Å². The Balaban J connectivity index is 0.00000220. The van der Waals surface area contributed by atoms with Crippen LogP contribution in [-0.4, -0.2) is 37.5 Å². The minimum atomic E-state index is -0.122. The summed E-state index contributed by atoms with van der Waals surface area (Å²) < 4.78 is 0. The Morgan fingerprint density at radius 3 is 2.59 bits per heavy atom. The van der Waals surface area contributed by atoms with Gasteiger partial charge in [-0.3, -0.25) is 4.79 Å². The molecule has 0 aromatic heterocycles. The number of anilines is 1. The number of piperidine rings is 1. The standard InChI is InChI=1S/C15H22ClN3O.2ClH/c1-19-8-5-11(6-9-19)4-7-18-15(20)13-3-2-12(17)10-14(13)16;;/h2-3,10-11H,4-9,17H2,1H3,(H,18,20);2*1H. The van der Waals surface area contributed by atoms with Gasteiger partial charge in [0.2, 0.25) is 0 Å². The third kappa shape index (κ3) is 6.21. The number of carbonyl (C=O) groups is 1. The number of likely N-dealkylation sites (tertiary alicyclic amines) is 1. The van der Waals surface area contributed by atoms with Crippen LogP contribution < -0.4 is 11.1 Å². The van der Waals surface area contributed by atoms with Crippen molar-refractivity contribution in [1.82, 2.24) is 10.2 Å². The van der Waals surface area contributed by atoms with E-state index in [1.54, 1.807) is 18.2 Å². The lowest BCUT2D eigenvalue weighted by Gasteiger charge is -2.28. The molecule has 3 N–H and O–H groups in total. The highest BCUT2D eigenvalue weighted by molar-refractivity contribution is 6.34. The van der Waals surface area contributed by atoms with Crippen LogP contribution in [0.4, 0.5) is 5.69 Å².